The van der Waals surface area contributed by atoms with Gasteiger partial charge in [-0.2, -0.15) is 0 Å². The van der Waals surface area contributed by atoms with Crippen molar-refractivity contribution < 1.29 is 9.47 Å². The minimum absolute atomic E-state index is 0.589. The van der Waals surface area contributed by atoms with Crippen LogP contribution in [0, 0.1) is 0 Å². The molecule has 0 unspecified atom stereocenters. The summed E-state index contributed by atoms with van der Waals surface area (Å²) in [6, 6.07) is 0. The first-order valence-corrected chi connectivity index (χ1v) is 7.54. The lowest BCUT2D eigenvalue weighted by atomic mass is 10.2. The van der Waals surface area contributed by atoms with Gasteiger partial charge in [-0.1, -0.05) is 0 Å². The summed E-state index contributed by atoms with van der Waals surface area (Å²) in [6.45, 7) is 3.65. The lowest BCUT2D eigenvalue weighted by molar-refractivity contribution is 0.190. The molecule has 6 heteroatoms. The average molecular weight is 285 g/mol. The summed E-state index contributed by atoms with van der Waals surface area (Å²) in [6.07, 6.45) is 2.51. The maximum Gasteiger partial charge on any atom is 0.185 e. The summed E-state index contributed by atoms with van der Waals surface area (Å²) in [7, 11) is 3.44. The van der Waals surface area contributed by atoms with Gasteiger partial charge in [0.15, 0.2) is 5.13 Å². The maximum atomic E-state index is 5.83. The molecule has 1 fully saturated rings. The molecule has 2 N–H and O–H groups in total. The molecule has 2 rings (SSSR count). The maximum absolute atomic E-state index is 5.83. The second-order valence-electron chi connectivity index (χ2n) is 4.76. The number of methoxy groups -OCH3 is 2. The standard InChI is InChI=1S/C13H23N3O2S/c1-17-7-5-16(6-8-18-2)13-15-12(10-3-4-10)11(9-14)19-13/h10H,3-9,14H2,1-2H3. The predicted octanol–water partition coefficient (Wildman–Crippen LogP) is 1.58. The molecule has 0 aromatic carbocycles. The van der Waals surface area contributed by atoms with E-state index in [1.165, 1.54) is 23.4 Å². The number of rotatable bonds is 9. The minimum Gasteiger partial charge on any atom is -0.383 e. The number of anilines is 1. The summed E-state index contributed by atoms with van der Waals surface area (Å²) >= 11 is 1.72. The topological polar surface area (TPSA) is 60.6 Å². The number of aromatic nitrogens is 1. The number of hydrogen-bond acceptors (Lipinski definition) is 6. The van der Waals surface area contributed by atoms with Gasteiger partial charge in [-0.15, -0.1) is 11.3 Å². The van der Waals surface area contributed by atoms with Crippen molar-refractivity contribution in [3.8, 4) is 0 Å². The molecule has 0 bridgehead atoms. The Morgan fingerprint density at radius 1 is 1.26 bits per heavy atom. The molecule has 19 heavy (non-hydrogen) atoms. The molecular formula is C13H23N3O2S. The fourth-order valence-corrected chi connectivity index (χ4v) is 3.09. The van der Waals surface area contributed by atoms with Crippen molar-refractivity contribution in [1.29, 1.82) is 0 Å². The Balaban J connectivity index is 2.10. The molecule has 0 amide bonds. The highest BCUT2D eigenvalue weighted by molar-refractivity contribution is 7.15. The van der Waals surface area contributed by atoms with Crippen LogP contribution in [0.3, 0.4) is 0 Å². The van der Waals surface area contributed by atoms with Gasteiger partial charge < -0.3 is 20.1 Å². The van der Waals surface area contributed by atoms with Crippen molar-refractivity contribution in [3.63, 3.8) is 0 Å². The van der Waals surface area contributed by atoms with E-state index in [9.17, 15) is 0 Å². The minimum atomic E-state index is 0.589. The van der Waals surface area contributed by atoms with E-state index in [-0.39, 0.29) is 0 Å². The van der Waals surface area contributed by atoms with Gasteiger partial charge in [0.25, 0.3) is 0 Å². The van der Waals surface area contributed by atoms with E-state index in [1.54, 1.807) is 25.6 Å². The summed E-state index contributed by atoms with van der Waals surface area (Å²) in [4.78, 5) is 8.26. The summed E-state index contributed by atoms with van der Waals surface area (Å²) in [5.74, 6) is 0.648. The molecule has 0 atom stereocenters. The van der Waals surface area contributed by atoms with E-state index in [2.05, 4.69) is 4.90 Å². The van der Waals surface area contributed by atoms with E-state index >= 15 is 0 Å². The Bertz CT molecular complexity index is 385. The van der Waals surface area contributed by atoms with Crippen molar-refractivity contribution >= 4 is 16.5 Å². The van der Waals surface area contributed by atoms with Crippen LogP contribution in [0.2, 0.25) is 0 Å². The fourth-order valence-electron chi connectivity index (χ4n) is 2.01. The summed E-state index contributed by atoms with van der Waals surface area (Å²) < 4.78 is 10.3. The summed E-state index contributed by atoms with van der Waals surface area (Å²) in [5, 5.41) is 1.05. The molecule has 1 aromatic rings. The molecule has 1 heterocycles. The number of nitrogens with two attached hydrogens (primary N) is 1. The monoisotopic (exact) mass is 285 g/mol. The zero-order chi connectivity index (χ0) is 13.7. The Morgan fingerprint density at radius 2 is 1.89 bits per heavy atom. The number of hydrogen-bond donors (Lipinski definition) is 1. The molecule has 1 aromatic heterocycles. The van der Waals surface area contributed by atoms with Gasteiger partial charge in [0, 0.05) is 44.6 Å². The SMILES string of the molecule is COCCN(CCOC)c1nc(C2CC2)c(CN)s1. The lowest BCUT2D eigenvalue weighted by Gasteiger charge is -2.20. The normalized spacial score (nSPS) is 14.9. The second kappa shape index (κ2) is 7.19. The van der Waals surface area contributed by atoms with Crippen LogP contribution in [0.25, 0.3) is 0 Å². The van der Waals surface area contributed by atoms with Crippen LogP contribution in [0.1, 0.15) is 29.3 Å². The first-order valence-electron chi connectivity index (χ1n) is 6.72. The Labute approximate surface area is 118 Å². The molecule has 1 aliphatic rings. The van der Waals surface area contributed by atoms with Crippen LogP contribution in [-0.2, 0) is 16.0 Å². The van der Waals surface area contributed by atoms with Crippen LogP contribution >= 0.6 is 11.3 Å². The van der Waals surface area contributed by atoms with Gasteiger partial charge >= 0.3 is 0 Å². The highest BCUT2D eigenvalue weighted by atomic mass is 32.1. The van der Waals surface area contributed by atoms with Crippen molar-refractivity contribution in [2.45, 2.75) is 25.3 Å². The van der Waals surface area contributed by atoms with Gasteiger partial charge in [0.1, 0.15) is 0 Å². The largest absolute Gasteiger partial charge is 0.383 e. The van der Waals surface area contributed by atoms with Gasteiger partial charge in [-0.25, -0.2) is 4.98 Å². The Kier molecular flexibility index (Phi) is 5.57. The molecule has 108 valence electrons. The zero-order valence-electron chi connectivity index (χ0n) is 11.7. The molecule has 0 radical (unpaired) electrons. The molecular weight excluding hydrogens is 262 g/mol. The van der Waals surface area contributed by atoms with Gasteiger partial charge in [0.2, 0.25) is 0 Å². The van der Waals surface area contributed by atoms with Gasteiger partial charge in [-0.3, -0.25) is 0 Å². The number of thiazole rings is 1. The van der Waals surface area contributed by atoms with E-state index in [0.29, 0.717) is 25.7 Å². The van der Waals surface area contributed by atoms with E-state index in [0.717, 1.165) is 18.2 Å². The number of ether oxygens (including phenoxy) is 2. The van der Waals surface area contributed by atoms with E-state index in [1.807, 2.05) is 0 Å². The van der Waals surface area contributed by atoms with Gasteiger partial charge in [-0.05, 0) is 12.8 Å². The predicted molar refractivity (Wildman–Crippen MR) is 77.9 cm³/mol. The molecule has 5 nitrogen and oxygen atoms in total. The van der Waals surface area contributed by atoms with E-state index in [4.69, 9.17) is 20.2 Å². The first kappa shape index (κ1) is 14.7. The van der Waals surface area contributed by atoms with E-state index < -0.39 is 0 Å². The molecule has 1 aliphatic carbocycles. The van der Waals surface area contributed by atoms with Crippen molar-refractivity contribution in [1.82, 2.24) is 4.98 Å². The quantitative estimate of drug-likeness (QED) is 0.746. The van der Waals surface area contributed by atoms with Crippen LogP contribution < -0.4 is 10.6 Å². The highest BCUT2D eigenvalue weighted by Crippen LogP contribution is 2.44. The van der Waals surface area contributed by atoms with Crippen LogP contribution in [0.4, 0.5) is 5.13 Å². The zero-order valence-corrected chi connectivity index (χ0v) is 12.5. The Morgan fingerprint density at radius 3 is 2.37 bits per heavy atom. The number of nitrogens with zero attached hydrogens (tertiary/aromatic N) is 2. The van der Waals surface area contributed by atoms with Crippen LogP contribution in [0.5, 0.6) is 0 Å². The first-order chi connectivity index (χ1) is 9.30. The third kappa shape index (κ3) is 3.89. The second-order valence-corrected chi connectivity index (χ2v) is 5.82. The smallest absolute Gasteiger partial charge is 0.185 e. The molecule has 0 aliphatic heterocycles. The average Bonchev–Trinajstić information content (AvgIpc) is 3.19. The summed E-state index contributed by atoms with van der Waals surface area (Å²) in [5.41, 5.74) is 7.06. The van der Waals surface area contributed by atoms with Crippen molar-refractivity contribution in [3.05, 3.63) is 10.6 Å². The highest BCUT2D eigenvalue weighted by Gasteiger charge is 2.30. The Hall–Kier alpha value is -0.690. The molecule has 0 saturated heterocycles. The van der Waals surface area contributed by atoms with Gasteiger partial charge in [0.05, 0.1) is 18.9 Å². The fraction of sp³-hybridized carbons (Fsp3) is 0.769. The lowest BCUT2D eigenvalue weighted by Crippen LogP contribution is -2.30. The molecule has 1 saturated carbocycles. The third-order valence-corrected chi connectivity index (χ3v) is 4.42. The van der Waals surface area contributed by atoms with Crippen LogP contribution in [-0.4, -0.2) is 45.5 Å². The van der Waals surface area contributed by atoms with Crippen molar-refractivity contribution in [2.75, 3.05) is 45.4 Å². The third-order valence-electron chi connectivity index (χ3n) is 3.27. The molecule has 0 spiro atoms. The van der Waals surface area contributed by atoms with Crippen LogP contribution in [0.15, 0.2) is 0 Å². The van der Waals surface area contributed by atoms with Crippen molar-refractivity contribution in [2.24, 2.45) is 5.73 Å².